The van der Waals surface area contributed by atoms with Crippen LogP contribution in [-0.4, -0.2) is 23.1 Å². The summed E-state index contributed by atoms with van der Waals surface area (Å²) in [5, 5.41) is 0. The van der Waals surface area contributed by atoms with Gasteiger partial charge in [0.05, 0.1) is 4.75 Å². The van der Waals surface area contributed by atoms with E-state index in [1.165, 1.54) is 0 Å². The van der Waals surface area contributed by atoms with E-state index in [4.69, 9.17) is 10.7 Å². The molecule has 14 heavy (non-hydrogen) atoms. The summed E-state index contributed by atoms with van der Waals surface area (Å²) in [6.45, 7) is 0. The van der Waals surface area contributed by atoms with Crippen molar-refractivity contribution in [3.63, 3.8) is 0 Å². The predicted molar refractivity (Wildman–Crippen MR) is 52.5 cm³/mol. The lowest BCUT2D eigenvalue weighted by molar-refractivity contribution is 0.587. The Morgan fingerprint density at radius 2 is 1.93 bits per heavy atom. The third kappa shape index (κ3) is 1.74. The number of hydrogen-bond acceptors (Lipinski definition) is 4. The van der Waals surface area contributed by atoms with Crippen LogP contribution in [0, 0.1) is 0 Å². The second-order valence-corrected chi connectivity index (χ2v) is 6.42. The first kappa shape index (κ1) is 9.86. The van der Waals surface area contributed by atoms with Gasteiger partial charge in [-0.15, -0.1) is 0 Å². The minimum Gasteiger partial charge on any atom is -0.241 e. The summed E-state index contributed by atoms with van der Waals surface area (Å²) >= 11 is 0. The predicted octanol–water partition coefficient (Wildman–Crippen LogP) is 1.12. The molecule has 0 aliphatic heterocycles. The zero-order valence-electron chi connectivity index (χ0n) is 7.35. The van der Waals surface area contributed by atoms with E-state index in [0.29, 0.717) is 25.1 Å². The van der Waals surface area contributed by atoms with Gasteiger partial charge in [0.15, 0.2) is 0 Å². The molecular weight excluding hydrogens is 224 g/mol. The van der Waals surface area contributed by atoms with Crippen molar-refractivity contribution in [3.8, 4) is 0 Å². The standard InChI is InChI=1S/C8H9ClN2O2S/c9-14(12,13)8(2-3-8)6-7-10-4-1-5-11-7/h1,4-5H,2-3,6H2. The fourth-order valence-corrected chi connectivity index (χ4v) is 2.87. The molecule has 1 aliphatic rings. The van der Waals surface area contributed by atoms with Crippen molar-refractivity contribution in [3.05, 3.63) is 24.3 Å². The molecule has 1 aromatic heterocycles. The molecule has 0 spiro atoms. The molecule has 1 fully saturated rings. The molecule has 0 unspecified atom stereocenters. The molecule has 0 atom stereocenters. The van der Waals surface area contributed by atoms with Crippen molar-refractivity contribution >= 4 is 19.7 Å². The third-order valence-electron chi connectivity index (χ3n) is 2.42. The normalized spacial score (nSPS) is 19.2. The second kappa shape index (κ2) is 3.17. The maximum absolute atomic E-state index is 11.2. The minimum absolute atomic E-state index is 0.319. The van der Waals surface area contributed by atoms with E-state index in [1.807, 2.05) is 0 Å². The van der Waals surface area contributed by atoms with Crippen LogP contribution in [0.3, 0.4) is 0 Å². The van der Waals surface area contributed by atoms with Gasteiger partial charge in [-0.1, -0.05) is 0 Å². The van der Waals surface area contributed by atoms with Crippen LogP contribution in [0.5, 0.6) is 0 Å². The molecule has 0 N–H and O–H groups in total. The molecule has 76 valence electrons. The van der Waals surface area contributed by atoms with Crippen molar-refractivity contribution in [2.75, 3.05) is 0 Å². The van der Waals surface area contributed by atoms with Crippen LogP contribution < -0.4 is 0 Å². The van der Waals surface area contributed by atoms with Crippen molar-refractivity contribution in [1.82, 2.24) is 9.97 Å². The summed E-state index contributed by atoms with van der Waals surface area (Å²) in [4.78, 5) is 7.97. The van der Waals surface area contributed by atoms with Gasteiger partial charge in [-0.3, -0.25) is 0 Å². The van der Waals surface area contributed by atoms with E-state index < -0.39 is 13.8 Å². The first-order valence-corrected chi connectivity index (χ1v) is 6.55. The van der Waals surface area contributed by atoms with Gasteiger partial charge in [-0.25, -0.2) is 18.4 Å². The fraction of sp³-hybridized carbons (Fsp3) is 0.500. The van der Waals surface area contributed by atoms with Crippen LogP contribution in [0.4, 0.5) is 0 Å². The molecule has 4 nitrogen and oxygen atoms in total. The number of hydrogen-bond donors (Lipinski definition) is 0. The molecule has 6 heteroatoms. The smallest absolute Gasteiger partial charge is 0.238 e. The maximum atomic E-state index is 11.2. The highest BCUT2D eigenvalue weighted by molar-refractivity contribution is 8.15. The Kier molecular flexibility index (Phi) is 2.23. The number of aromatic nitrogens is 2. The molecule has 0 saturated heterocycles. The second-order valence-electron chi connectivity index (χ2n) is 3.46. The minimum atomic E-state index is -3.50. The van der Waals surface area contributed by atoms with Crippen LogP contribution >= 0.6 is 10.7 Å². The van der Waals surface area contributed by atoms with E-state index in [9.17, 15) is 8.42 Å². The molecule has 0 radical (unpaired) electrons. The molecule has 0 amide bonds. The molecule has 1 aliphatic carbocycles. The lowest BCUT2D eigenvalue weighted by atomic mass is 10.3. The Bertz CT molecular complexity index is 428. The molecule has 0 bridgehead atoms. The van der Waals surface area contributed by atoms with E-state index in [1.54, 1.807) is 18.5 Å². The SMILES string of the molecule is O=S(=O)(Cl)C1(Cc2ncccn2)CC1. The summed E-state index contributed by atoms with van der Waals surface area (Å²) in [6.07, 6.45) is 4.73. The third-order valence-corrected chi connectivity index (χ3v) is 4.99. The van der Waals surface area contributed by atoms with E-state index in [0.717, 1.165) is 0 Å². The van der Waals surface area contributed by atoms with Gasteiger partial charge in [0.25, 0.3) is 0 Å². The highest BCUT2D eigenvalue weighted by Crippen LogP contribution is 2.47. The monoisotopic (exact) mass is 232 g/mol. The zero-order chi connectivity index (χ0) is 10.2. The highest BCUT2D eigenvalue weighted by Gasteiger charge is 2.54. The lowest BCUT2D eigenvalue weighted by Gasteiger charge is -2.08. The van der Waals surface area contributed by atoms with Crippen molar-refractivity contribution in [2.45, 2.75) is 24.0 Å². The Balaban J connectivity index is 2.21. The molecule has 1 heterocycles. The van der Waals surface area contributed by atoms with Crippen molar-refractivity contribution < 1.29 is 8.42 Å². The first-order valence-electron chi connectivity index (χ1n) is 4.24. The topological polar surface area (TPSA) is 59.9 Å². The molecule has 1 saturated carbocycles. The average molecular weight is 233 g/mol. The van der Waals surface area contributed by atoms with Crippen LogP contribution in [0.15, 0.2) is 18.5 Å². The highest BCUT2D eigenvalue weighted by atomic mass is 35.7. The van der Waals surface area contributed by atoms with E-state index in [-0.39, 0.29) is 0 Å². The average Bonchev–Trinajstić information content (AvgIpc) is 2.86. The van der Waals surface area contributed by atoms with Gasteiger partial charge in [0.2, 0.25) is 9.05 Å². The van der Waals surface area contributed by atoms with E-state index in [2.05, 4.69) is 9.97 Å². The Labute approximate surface area is 86.8 Å². The van der Waals surface area contributed by atoms with Gasteiger partial charge >= 0.3 is 0 Å². The fourth-order valence-electron chi connectivity index (χ4n) is 1.36. The molecule has 0 aromatic carbocycles. The Hall–Kier alpha value is -0.680. The summed E-state index contributed by atoms with van der Waals surface area (Å²) < 4.78 is 21.7. The Morgan fingerprint density at radius 1 is 1.36 bits per heavy atom. The van der Waals surface area contributed by atoms with Crippen LogP contribution in [0.25, 0.3) is 0 Å². The van der Waals surface area contributed by atoms with Crippen molar-refractivity contribution in [1.29, 1.82) is 0 Å². The number of rotatable bonds is 3. The zero-order valence-corrected chi connectivity index (χ0v) is 8.92. The molecule has 1 aromatic rings. The molecular formula is C8H9ClN2O2S. The number of nitrogens with zero attached hydrogens (tertiary/aromatic N) is 2. The van der Waals surface area contributed by atoms with Gasteiger partial charge in [-0.2, -0.15) is 0 Å². The van der Waals surface area contributed by atoms with Gasteiger partial charge in [0, 0.05) is 29.5 Å². The van der Waals surface area contributed by atoms with E-state index >= 15 is 0 Å². The maximum Gasteiger partial charge on any atom is 0.238 e. The summed E-state index contributed by atoms with van der Waals surface area (Å²) in [5.41, 5.74) is 0. The largest absolute Gasteiger partial charge is 0.241 e. The van der Waals surface area contributed by atoms with Crippen molar-refractivity contribution in [2.24, 2.45) is 0 Å². The molecule has 2 rings (SSSR count). The summed E-state index contributed by atoms with van der Waals surface area (Å²) in [6, 6.07) is 1.69. The quantitative estimate of drug-likeness (QED) is 0.733. The van der Waals surface area contributed by atoms with Gasteiger partial charge < -0.3 is 0 Å². The summed E-state index contributed by atoms with van der Waals surface area (Å²) in [7, 11) is 1.86. The van der Waals surface area contributed by atoms with Crippen LogP contribution in [-0.2, 0) is 15.5 Å². The Morgan fingerprint density at radius 3 is 2.36 bits per heavy atom. The first-order chi connectivity index (χ1) is 6.54. The van der Waals surface area contributed by atoms with Gasteiger partial charge in [-0.05, 0) is 18.9 Å². The lowest BCUT2D eigenvalue weighted by Crippen LogP contribution is -2.22. The number of halogens is 1. The van der Waals surface area contributed by atoms with Gasteiger partial charge in [0.1, 0.15) is 5.82 Å². The van der Waals surface area contributed by atoms with Crippen LogP contribution in [0.2, 0.25) is 0 Å². The summed E-state index contributed by atoms with van der Waals surface area (Å²) in [5.74, 6) is 0.536. The van der Waals surface area contributed by atoms with Crippen LogP contribution in [0.1, 0.15) is 18.7 Å².